The topological polar surface area (TPSA) is 48.7 Å². The van der Waals surface area contributed by atoms with Gasteiger partial charge in [-0.25, -0.2) is 8.78 Å². The largest absolute Gasteiger partial charge is 0.460 e. The Labute approximate surface area is 161 Å². The van der Waals surface area contributed by atoms with Crippen LogP contribution in [0.25, 0.3) is 11.0 Å². The van der Waals surface area contributed by atoms with Gasteiger partial charge in [0.15, 0.2) is 11.4 Å². The number of anilines is 1. The highest BCUT2D eigenvalue weighted by molar-refractivity contribution is 6.05. The molecule has 1 aliphatic heterocycles. The number of carbonyl (C=O) groups excluding carboxylic acids is 1. The zero-order valence-electron chi connectivity index (χ0n) is 15.5. The van der Waals surface area contributed by atoms with Crippen LogP contribution in [0.5, 0.6) is 0 Å². The number of benzene rings is 2. The van der Waals surface area contributed by atoms with Gasteiger partial charge >= 0.3 is 0 Å². The number of fused-ring (bicyclic) bond motifs is 1. The number of para-hydroxylation sites is 1. The minimum Gasteiger partial charge on any atom is -0.460 e. The molecule has 28 heavy (non-hydrogen) atoms. The molecule has 1 saturated heterocycles. The van der Waals surface area contributed by atoms with Crippen LogP contribution in [0.4, 0.5) is 14.5 Å². The second-order valence-electron chi connectivity index (χ2n) is 7.06. The van der Waals surface area contributed by atoms with Gasteiger partial charge in [0.2, 0.25) is 0 Å². The minimum absolute atomic E-state index is 0.0516. The third kappa shape index (κ3) is 3.71. The molecule has 0 bridgehead atoms. The summed E-state index contributed by atoms with van der Waals surface area (Å²) in [7, 11) is 2.06. The number of amides is 1. The van der Waals surface area contributed by atoms with Crippen LogP contribution < -0.4 is 10.2 Å². The van der Waals surface area contributed by atoms with E-state index >= 15 is 0 Å². The molecule has 0 atom stereocenters. The number of rotatable bonds is 4. The predicted octanol–water partition coefficient (Wildman–Crippen LogP) is 3.39. The molecular formula is C21H21F2N3O2. The summed E-state index contributed by atoms with van der Waals surface area (Å²) in [5, 5.41) is 3.17. The fourth-order valence-corrected chi connectivity index (χ4v) is 3.46. The average molecular weight is 385 g/mol. The lowest BCUT2D eigenvalue weighted by molar-refractivity contribution is 0.0951. The van der Waals surface area contributed by atoms with E-state index in [4.69, 9.17) is 4.42 Å². The van der Waals surface area contributed by atoms with Crippen molar-refractivity contribution in [1.29, 1.82) is 0 Å². The summed E-state index contributed by atoms with van der Waals surface area (Å²) in [6.45, 7) is 3.68. The molecule has 0 unspecified atom stereocenters. The number of hydrogen-bond donors (Lipinski definition) is 1. The van der Waals surface area contributed by atoms with Gasteiger partial charge in [-0.15, -0.1) is 0 Å². The Bertz CT molecular complexity index is 1010. The first-order valence-electron chi connectivity index (χ1n) is 9.18. The van der Waals surface area contributed by atoms with Gasteiger partial charge in [0, 0.05) is 43.8 Å². The van der Waals surface area contributed by atoms with Gasteiger partial charge in [-0.1, -0.05) is 12.1 Å². The molecule has 1 N–H and O–H groups in total. The molecule has 1 aliphatic rings. The van der Waals surface area contributed by atoms with Crippen LogP contribution in [0, 0.1) is 11.6 Å². The molecule has 5 nitrogen and oxygen atoms in total. The summed E-state index contributed by atoms with van der Waals surface area (Å²) in [5.74, 6) is -1.25. The molecule has 4 rings (SSSR count). The molecule has 2 heterocycles. The third-order valence-electron chi connectivity index (χ3n) is 5.06. The second kappa shape index (κ2) is 7.59. The molecular weight excluding hydrogens is 364 g/mol. The van der Waals surface area contributed by atoms with Crippen molar-refractivity contribution in [2.45, 2.75) is 6.54 Å². The fraction of sp³-hybridized carbons (Fsp3) is 0.286. The van der Waals surface area contributed by atoms with E-state index in [0.29, 0.717) is 10.9 Å². The van der Waals surface area contributed by atoms with Crippen molar-refractivity contribution >= 4 is 22.6 Å². The predicted molar refractivity (Wildman–Crippen MR) is 103 cm³/mol. The normalized spacial score (nSPS) is 15.2. The lowest BCUT2D eigenvalue weighted by Crippen LogP contribution is -2.44. The van der Waals surface area contributed by atoms with Gasteiger partial charge in [-0.3, -0.25) is 4.79 Å². The Kier molecular flexibility index (Phi) is 5.00. The molecule has 1 fully saturated rings. The Hall–Kier alpha value is -2.93. The highest BCUT2D eigenvalue weighted by Crippen LogP contribution is 2.24. The monoisotopic (exact) mass is 385 g/mol. The number of nitrogens with one attached hydrogen (secondary N) is 1. The molecule has 0 aliphatic carbocycles. The van der Waals surface area contributed by atoms with E-state index in [2.05, 4.69) is 22.2 Å². The number of halogens is 2. The van der Waals surface area contributed by atoms with Crippen LogP contribution in [0.1, 0.15) is 15.9 Å². The SMILES string of the molecule is CN1CCN(c2cc(F)cc(CNC(=O)c3coc4c(F)cccc34)c2)CC1. The van der Waals surface area contributed by atoms with Crippen LogP contribution in [0.3, 0.4) is 0 Å². The summed E-state index contributed by atoms with van der Waals surface area (Å²) < 4.78 is 33.0. The first kappa shape index (κ1) is 18.4. The molecule has 7 heteroatoms. The van der Waals surface area contributed by atoms with Crippen molar-refractivity contribution in [1.82, 2.24) is 10.2 Å². The van der Waals surface area contributed by atoms with Gasteiger partial charge in [0.1, 0.15) is 12.1 Å². The molecule has 0 radical (unpaired) electrons. The lowest BCUT2D eigenvalue weighted by atomic mass is 10.1. The summed E-state index contributed by atoms with van der Waals surface area (Å²) in [6.07, 6.45) is 1.24. The Morgan fingerprint density at radius 2 is 1.93 bits per heavy atom. The van der Waals surface area contributed by atoms with Crippen molar-refractivity contribution < 1.29 is 18.0 Å². The van der Waals surface area contributed by atoms with E-state index in [1.54, 1.807) is 6.07 Å². The smallest absolute Gasteiger partial charge is 0.255 e. The van der Waals surface area contributed by atoms with Gasteiger partial charge in [0.05, 0.1) is 5.56 Å². The van der Waals surface area contributed by atoms with Crippen molar-refractivity contribution in [3.05, 3.63) is 65.4 Å². The van der Waals surface area contributed by atoms with Crippen molar-refractivity contribution in [3.8, 4) is 0 Å². The first-order chi connectivity index (χ1) is 13.5. The quantitative estimate of drug-likeness (QED) is 0.748. The van der Waals surface area contributed by atoms with Crippen LogP contribution >= 0.6 is 0 Å². The molecule has 0 saturated carbocycles. The molecule has 3 aromatic rings. The minimum atomic E-state index is -0.515. The number of likely N-dealkylation sites (N-methyl/N-ethyl adjacent to an activating group) is 1. The van der Waals surface area contributed by atoms with E-state index in [-0.39, 0.29) is 23.5 Å². The van der Waals surface area contributed by atoms with E-state index in [1.807, 2.05) is 6.07 Å². The van der Waals surface area contributed by atoms with Crippen LogP contribution in [-0.4, -0.2) is 44.0 Å². The summed E-state index contributed by atoms with van der Waals surface area (Å²) in [6, 6.07) is 9.25. The summed E-state index contributed by atoms with van der Waals surface area (Å²) in [5.41, 5.74) is 1.79. The summed E-state index contributed by atoms with van der Waals surface area (Å²) >= 11 is 0. The number of hydrogen-bond acceptors (Lipinski definition) is 4. The molecule has 0 spiro atoms. The van der Waals surface area contributed by atoms with E-state index in [0.717, 1.165) is 31.9 Å². The maximum absolute atomic E-state index is 14.1. The molecule has 146 valence electrons. The highest BCUT2D eigenvalue weighted by atomic mass is 19.1. The zero-order valence-corrected chi connectivity index (χ0v) is 15.5. The number of carbonyl (C=O) groups is 1. The van der Waals surface area contributed by atoms with E-state index in [9.17, 15) is 13.6 Å². The van der Waals surface area contributed by atoms with Crippen LogP contribution in [0.2, 0.25) is 0 Å². The first-order valence-corrected chi connectivity index (χ1v) is 9.18. The van der Waals surface area contributed by atoms with Gasteiger partial charge in [0.25, 0.3) is 5.91 Å². The second-order valence-corrected chi connectivity index (χ2v) is 7.06. The average Bonchev–Trinajstić information content (AvgIpc) is 3.12. The van der Waals surface area contributed by atoms with E-state index in [1.165, 1.54) is 30.5 Å². The standard InChI is InChI=1S/C21H21F2N3O2/c1-25-5-7-26(8-6-25)16-10-14(9-15(22)11-16)12-24-21(27)18-13-28-20-17(18)3-2-4-19(20)23/h2-4,9-11,13H,5-8,12H2,1H3,(H,24,27). The van der Waals surface area contributed by atoms with Crippen molar-refractivity contribution in [2.24, 2.45) is 0 Å². The van der Waals surface area contributed by atoms with Crippen LogP contribution in [-0.2, 0) is 6.54 Å². The zero-order chi connectivity index (χ0) is 19.7. The summed E-state index contributed by atoms with van der Waals surface area (Å²) in [4.78, 5) is 16.9. The Morgan fingerprint density at radius 3 is 2.71 bits per heavy atom. The maximum Gasteiger partial charge on any atom is 0.255 e. The van der Waals surface area contributed by atoms with Gasteiger partial charge in [-0.05, 0) is 36.9 Å². The Balaban J connectivity index is 1.48. The maximum atomic E-state index is 14.1. The number of furan rings is 1. The van der Waals surface area contributed by atoms with Gasteiger partial charge < -0.3 is 19.5 Å². The molecule has 1 aromatic heterocycles. The van der Waals surface area contributed by atoms with Crippen molar-refractivity contribution in [3.63, 3.8) is 0 Å². The molecule has 1 amide bonds. The van der Waals surface area contributed by atoms with Crippen LogP contribution in [0.15, 0.2) is 47.1 Å². The Morgan fingerprint density at radius 1 is 1.14 bits per heavy atom. The number of nitrogens with zero attached hydrogens (tertiary/aromatic N) is 2. The van der Waals surface area contributed by atoms with Gasteiger partial charge in [-0.2, -0.15) is 0 Å². The highest BCUT2D eigenvalue weighted by Gasteiger charge is 2.18. The number of piperazine rings is 1. The molecule has 2 aromatic carbocycles. The lowest BCUT2D eigenvalue weighted by Gasteiger charge is -2.34. The van der Waals surface area contributed by atoms with Crippen molar-refractivity contribution in [2.75, 3.05) is 38.1 Å². The third-order valence-corrected chi connectivity index (χ3v) is 5.06. The fourth-order valence-electron chi connectivity index (χ4n) is 3.46. The van der Waals surface area contributed by atoms with E-state index < -0.39 is 11.7 Å².